The van der Waals surface area contributed by atoms with Gasteiger partial charge in [0.15, 0.2) is 0 Å². The van der Waals surface area contributed by atoms with Crippen LogP contribution in [0.3, 0.4) is 0 Å². The zero-order valence-corrected chi connectivity index (χ0v) is 13.7. The Hall–Kier alpha value is -1.81. The van der Waals surface area contributed by atoms with Crippen molar-refractivity contribution in [3.05, 3.63) is 47.3 Å². The molecular weight excluding hydrogens is 278 g/mol. The van der Waals surface area contributed by atoms with E-state index in [4.69, 9.17) is 4.74 Å². The molecule has 1 heterocycles. The zero-order chi connectivity index (χ0) is 16.5. The SMILES string of the molecule is C=C(C)/C=C(\C(=C)C)C1=C(O)C2(CCC(OC)CC2)NC1=O. The maximum atomic E-state index is 12.5. The molecule has 0 bridgehead atoms. The molecule has 1 saturated carbocycles. The van der Waals surface area contributed by atoms with E-state index in [0.717, 1.165) is 24.0 Å². The van der Waals surface area contributed by atoms with Crippen LogP contribution in [-0.4, -0.2) is 29.8 Å². The number of rotatable bonds is 4. The molecule has 0 saturated heterocycles. The third kappa shape index (κ3) is 2.88. The first-order valence-corrected chi connectivity index (χ1v) is 7.63. The molecule has 1 aliphatic heterocycles. The number of allylic oxidation sites excluding steroid dienone is 3. The van der Waals surface area contributed by atoms with Crippen LogP contribution in [0.5, 0.6) is 0 Å². The highest BCUT2D eigenvalue weighted by molar-refractivity contribution is 6.03. The molecule has 1 aliphatic carbocycles. The monoisotopic (exact) mass is 303 g/mol. The van der Waals surface area contributed by atoms with Gasteiger partial charge >= 0.3 is 0 Å². The van der Waals surface area contributed by atoms with Crippen molar-refractivity contribution in [2.45, 2.75) is 51.2 Å². The van der Waals surface area contributed by atoms with Gasteiger partial charge in [0.1, 0.15) is 5.76 Å². The van der Waals surface area contributed by atoms with Gasteiger partial charge in [-0.3, -0.25) is 4.79 Å². The first-order valence-electron chi connectivity index (χ1n) is 7.63. The van der Waals surface area contributed by atoms with Gasteiger partial charge in [0.05, 0.1) is 17.2 Å². The molecule has 1 amide bonds. The maximum absolute atomic E-state index is 12.5. The Balaban J connectivity index is 2.41. The maximum Gasteiger partial charge on any atom is 0.256 e. The Kier molecular flexibility index (Phi) is 4.61. The molecule has 0 aromatic rings. The van der Waals surface area contributed by atoms with Gasteiger partial charge in [-0.2, -0.15) is 0 Å². The van der Waals surface area contributed by atoms with E-state index in [-0.39, 0.29) is 17.8 Å². The molecule has 0 atom stereocenters. The molecule has 2 rings (SSSR count). The van der Waals surface area contributed by atoms with E-state index in [0.29, 0.717) is 24.0 Å². The van der Waals surface area contributed by atoms with E-state index >= 15 is 0 Å². The van der Waals surface area contributed by atoms with Gasteiger partial charge in [0, 0.05) is 7.11 Å². The molecule has 4 nitrogen and oxygen atoms in total. The number of nitrogens with one attached hydrogen (secondary N) is 1. The van der Waals surface area contributed by atoms with E-state index in [1.54, 1.807) is 13.2 Å². The number of hydrogen-bond donors (Lipinski definition) is 2. The third-order valence-corrected chi connectivity index (χ3v) is 4.51. The molecule has 0 radical (unpaired) electrons. The fourth-order valence-corrected chi connectivity index (χ4v) is 3.27. The average molecular weight is 303 g/mol. The predicted molar refractivity (Wildman–Crippen MR) is 87.5 cm³/mol. The smallest absolute Gasteiger partial charge is 0.256 e. The summed E-state index contributed by atoms with van der Waals surface area (Å²) in [5, 5.41) is 13.8. The van der Waals surface area contributed by atoms with E-state index in [1.807, 2.05) is 13.8 Å². The van der Waals surface area contributed by atoms with Gasteiger partial charge in [0.25, 0.3) is 5.91 Å². The van der Waals surface area contributed by atoms with Crippen molar-refractivity contribution in [1.82, 2.24) is 5.32 Å². The second-order valence-electron chi connectivity index (χ2n) is 6.38. The number of carbonyl (C=O) groups is 1. The van der Waals surface area contributed by atoms with E-state index < -0.39 is 5.54 Å². The molecule has 2 aliphatic rings. The normalized spacial score (nSPS) is 29.0. The summed E-state index contributed by atoms with van der Waals surface area (Å²) in [5.74, 6) is -0.0913. The van der Waals surface area contributed by atoms with E-state index in [2.05, 4.69) is 18.5 Å². The van der Waals surface area contributed by atoms with Crippen LogP contribution in [0, 0.1) is 0 Å². The van der Waals surface area contributed by atoms with Crippen LogP contribution >= 0.6 is 0 Å². The molecule has 22 heavy (non-hydrogen) atoms. The second-order valence-corrected chi connectivity index (χ2v) is 6.38. The lowest BCUT2D eigenvalue weighted by molar-refractivity contribution is -0.118. The van der Waals surface area contributed by atoms with Crippen LogP contribution in [0.25, 0.3) is 0 Å². The third-order valence-electron chi connectivity index (χ3n) is 4.51. The lowest BCUT2D eigenvalue weighted by Gasteiger charge is -2.36. The Labute approximate surface area is 132 Å². The first-order chi connectivity index (χ1) is 10.3. The van der Waals surface area contributed by atoms with Crippen LogP contribution in [0.15, 0.2) is 47.3 Å². The largest absolute Gasteiger partial charge is 0.509 e. The van der Waals surface area contributed by atoms with Crippen molar-refractivity contribution >= 4 is 5.91 Å². The number of aliphatic hydroxyl groups excluding tert-OH is 1. The summed E-state index contributed by atoms with van der Waals surface area (Å²) >= 11 is 0. The second kappa shape index (κ2) is 6.13. The average Bonchev–Trinajstić information content (AvgIpc) is 2.68. The lowest BCUT2D eigenvalue weighted by atomic mass is 9.79. The number of aliphatic hydroxyl groups is 1. The Bertz CT molecular complexity index is 575. The van der Waals surface area contributed by atoms with Crippen molar-refractivity contribution in [3.63, 3.8) is 0 Å². The minimum atomic E-state index is -0.648. The topological polar surface area (TPSA) is 58.6 Å². The summed E-state index contributed by atoms with van der Waals surface area (Å²) in [6.07, 6.45) is 5.01. The van der Waals surface area contributed by atoms with E-state index in [1.165, 1.54) is 0 Å². The summed E-state index contributed by atoms with van der Waals surface area (Å²) in [4.78, 5) is 12.5. The van der Waals surface area contributed by atoms with Crippen molar-refractivity contribution in [2.75, 3.05) is 7.11 Å². The van der Waals surface area contributed by atoms with Gasteiger partial charge in [-0.1, -0.05) is 30.4 Å². The molecule has 1 fully saturated rings. The first kappa shape index (κ1) is 16.6. The number of methoxy groups -OCH3 is 1. The number of carbonyl (C=O) groups excluding carboxylic acids is 1. The number of hydrogen-bond acceptors (Lipinski definition) is 3. The summed E-state index contributed by atoms with van der Waals surface area (Å²) in [6.45, 7) is 11.5. The Morgan fingerprint density at radius 2 is 1.95 bits per heavy atom. The molecule has 0 aromatic heterocycles. The number of amides is 1. The zero-order valence-electron chi connectivity index (χ0n) is 13.7. The minimum absolute atomic E-state index is 0.141. The standard InChI is InChI=1S/C18H25NO3/c1-11(2)10-14(12(3)4)15-16(20)18(19-17(15)21)8-6-13(22-5)7-9-18/h10,13,20H,1,3,6-9H2,2,4-5H3,(H,19,21)/b14-10+. The summed E-state index contributed by atoms with van der Waals surface area (Å²) in [5.41, 5.74) is 1.91. The van der Waals surface area contributed by atoms with E-state index in [9.17, 15) is 9.90 Å². The highest BCUT2D eigenvalue weighted by atomic mass is 16.5. The summed E-state index contributed by atoms with van der Waals surface area (Å²) in [7, 11) is 1.70. The summed E-state index contributed by atoms with van der Waals surface area (Å²) < 4.78 is 5.37. The quantitative estimate of drug-likeness (QED) is 0.783. The fourth-order valence-electron chi connectivity index (χ4n) is 3.27. The van der Waals surface area contributed by atoms with Crippen molar-refractivity contribution in [1.29, 1.82) is 0 Å². The molecule has 1 spiro atoms. The highest BCUT2D eigenvalue weighted by Gasteiger charge is 2.48. The fraction of sp³-hybridized carbons (Fsp3) is 0.500. The Morgan fingerprint density at radius 3 is 2.41 bits per heavy atom. The van der Waals surface area contributed by atoms with Crippen LogP contribution in [0.2, 0.25) is 0 Å². The summed E-state index contributed by atoms with van der Waals surface area (Å²) in [6, 6.07) is 0. The van der Waals surface area contributed by atoms with Crippen LogP contribution in [0.1, 0.15) is 39.5 Å². The van der Waals surface area contributed by atoms with Gasteiger partial charge in [-0.05, 0) is 45.1 Å². The van der Waals surface area contributed by atoms with Crippen LogP contribution in [-0.2, 0) is 9.53 Å². The number of ether oxygens (including phenoxy) is 1. The van der Waals surface area contributed by atoms with Crippen molar-refractivity contribution in [2.24, 2.45) is 0 Å². The van der Waals surface area contributed by atoms with Gasteiger partial charge in [-0.15, -0.1) is 0 Å². The van der Waals surface area contributed by atoms with Crippen molar-refractivity contribution < 1.29 is 14.6 Å². The molecule has 0 aromatic carbocycles. The van der Waals surface area contributed by atoms with Gasteiger partial charge in [0.2, 0.25) is 0 Å². The van der Waals surface area contributed by atoms with Gasteiger partial charge < -0.3 is 15.2 Å². The Morgan fingerprint density at radius 1 is 1.36 bits per heavy atom. The van der Waals surface area contributed by atoms with Gasteiger partial charge in [-0.25, -0.2) is 0 Å². The minimum Gasteiger partial charge on any atom is -0.509 e. The van der Waals surface area contributed by atoms with Crippen molar-refractivity contribution in [3.8, 4) is 0 Å². The predicted octanol–water partition coefficient (Wildman–Crippen LogP) is 3.33. The molecular formula is C18H25NO3. The molecule has 4 heteroatoms. The lowest BCUT2D eigenvalue weighted by Crippen LogP contribution is -2.48. The molecule has 120 valence electrons. The molecule has 2 N–H and O–H groups in total. The molecule has 0 unspecified atom stereocenters. The van der Waals surface area contributed by atoms with Crippen LogP contribution in [0.4, 0.5) is 0 Å². The highest BCUT2D eigenvalue weighted by Crippen LogP contribution is 2.41. The van der Waals surface area contributed by atoms with Crippen LogP contribution < -0.4 is 5.32 Å².